The van der Waals surface area contributed by atoms with Gasteiger partial charge in [0.15, 0.2) is 0 Å². The van der Waals surface area contributed by atoms with E-state index in [1.54, 1.807) is 24.5 Å². The Morgan fingerprint density at radius 3 is 2.57 bits per heavy atom. The molecule has 3 N–H and O–H groups in total. The van der Waals surface area contributed by atoms with E-state index in [0.29, 0.717) is 5.56 Å². The molecule has 21 heavy (non-hydrogen) atoms. The van der Waals surface area contributed by atoms with E-state index >= 15 is 0 Å². The number of hydrogen-bond donors (Lipinski definition) is 3. The molecule has 0 atom stereocenters. The highest BCUT2D eigenvalue weighted by Gasteiger charge is 2.09. The van der Waals surface area contributed by atoms with Crippen LogP contribution in [0.15, 0.2) is 41.6 Å². The Bertz CT molecular complexity index is 710. The van der Waals surface area contributed by atoms with Gasteiger partial charge in [-0.1, -0.05) is 0 Å². The minimum Gasteiger partial charge on any atom is -0.481 e. The molecule has 2 aromatic rings. The van der Waals surface area contributed by atoms with Gasteiger partial charge in [0.2, 0.25) is 5.91 Å². The molecular weight excluding hydrogens is 274 g/mol. The van der Waals surface area contributed by atoms with Crippen LogP contribution in [0.1, 0.15) is 12.8 Å². The third kappa shape index (κ3) is 4.00. The summed E-state index contributed by atoms with van der Waals surface area (Å²) in [5, 5.41) is 10.9. The van der Waals surface area contributed by atoms with Gasteiger partial charge in [0.1, 0.15) is 5.69 Å². The number of nitrogens with one attached hydrogen (secondary N) is 2. The van der Waals surface area contributed by atoms with Gasteiger partial charge in [0.25, 0.3) is 5.56 Å². The Balaban J connectivity index is 2.18. The topological polar surface area (TPSA) is 112 Å². The van der Waals surface area contributed by atoms with Crippen LogP contribution in [0.5, 0.6) is 0 Å². The third-order valence-corrected chi connectivity index (χ3v) is 2.76. The fourth-order valence-electron chi connectivity index (χ4n) is 1.72. The second-order valence-corrected chi connectivity index (χ2v) is 4.31. The summed E-state index contributed by atoms with van der Waals surface area (Å²) in [5.74, 6) is -1.58. The summed E-state index contributed by atoms with van der Waals surface area (Å²) in [7, 11) is 0. The van der Waals surface area contributed by atoms with Crippen molar-refractivity contribution in [3.05, 3.63) is 47.1 Å². The van der Waals surface area contributed by atoms with Crippen molar-refractivity contribution in [3.8, 4) is 11.1 Å². The number of pyridine rings is 2. The summed E-state index contributed by atoms with van der Waals surface area (Å²) in [4.78, 5) is 40.1. The van der Waals surface area contributed by atoms with E-state index < -0.39 is 17.4 Å². The van der Waals surface area contributed by atoms with E-state index in [9.17, 15) is 14.4 Å². The van der Waals surface area contributed by atoms with Crippen LogP contribution in [-0.4, -0.2) is 27.0 Å². The van der Waals surface area contributed by atoms with Crippen molar-refractivity contribution in [1.29, 1.82) is 0 Å². The highest BCUT2D eigenvalue weighted by Crippen LogP contribution is 2.18. The summed E-state index contributed by atoms with van der Waals surface area (Å²) in [5.41, 5.74) is 1.18. The zero-order valence-corrected chi connectivity index (χ0v) is 11.0. The van der Waals surface area contributed by atoms with E-state index in [-0.39, 0.29) is 18.5 Å². The average Bonchev–Trinajstić information content (AvgIpc) is 2.48. The van der Waals surface area contributed by atoms with Crippen molar-refractivity contribution in [1.82, 2.24) is 9.97 Å². The molecule has 0 aromatic carbocycles. The van der Waals surface area contributed by atoms with Crippen molar-refractivity contribution < 1.29 is 14.7 Å². The van der Waals surface area contributed by atoms with Crippen LogP contribution in [0.25, 0.3) is 11.1 Å². The minimum absolute atomic E-state index is 0.0831. The smallest absolute Gasteiger partial charge is 0.303 e. The first kappa shape index (κ1) is 14.4. The van der Waals surface area contributed by atoms with Crippen molar-refractivity contribution >= 4 is 17.6 Å². The van der Waals surface area contributed by atoms with Crippen LogP contribution in [0.4, 0.5) is 5.69 Å². The van der Waals surface area contributed by atoms with Crippen LogP contribution in [0.2, 0.25) is 0 Å². The molecule has 0 aliphatic rings. The van der Waals surface area contributed by atoms with Gasteiger partial charge in [-0.05, 0) is 23.8 Å². The second-order valence-electron chi connectivity index (χ2n) is 4.31. The normalized spacial score (nSPS) is 10.1. The fraction of sp³-hybridized carbons (Fsp3) is 0.143. The van der Waals surface area contributed by atoms with E-state index in [4.69, 9.17) is 5.11 Å². The molecule has 0 unspecified atom stereocenters. The van der Waals surface area contributed by atoms with Crippen molar-refractivity contribution in [3.63, 3.8) is 0 Å². The minimum atomic E-state index is -1.07. The summed E-state index contributed by atoms with van der Waals surface area (Å²) in [6.07, 6.45) is 4.30. The number of aliphatic carboxylic acids is 1. The van der Waals surface area contributed by atoms with E-state index in [2.05, 4.69) is 15.3 Å². The van der Waals surface area contributed by atoms with Gasteiger partial charge in [-0.2, -0.15) is 0 Å². The number of carboxylic acid groups (broad SMARTS) is 1. The molecule has 2 heterocycles. The van der Waals surface area contributed by atoms with Crippen molar-refractivity contribution in [2.45, 2.75) is 12.8 Å². The highest BCUT2D eigenvalue weighted by atomic mass is 16.4. The van der Waals surface area contributed by atoms with E-state index in [1.807, 2.05) is 0 Å². The maximum atomic E-state index is 11.7. The Hall–Kier alpha value is -2.96. The predicted molar refractivity (Wildman–Crippen MR) is 75.8 cm³/mol. The number of nitrogens with zero attached hydrogens (tertiary/aromatic N) is 1. The number of aromatic amines is 1. The number of aromatic nitrogens is 2. The quantitative estimate of drug-likeness (QED) is 0.766. The molecule has 0 aliphatic carbocycles. The first-order valence-corrected chi connectivity index (χ1v) is 6.21. The number of hydrogen-bond acceptors (Lipinski definition) is 4. The molecule has 1 amide bonds. The molecule has 0 saturated carbocycles. The SMILES string of the molecule is O=C(O)CCC(=O)Nc1cc(-c2ccncc2)c[nH]c1=O. The van der Waals surface area contributed by atoms with Crippen molar-refractivity contribution in [2.75, 3.05) is 5.32 Å². The number of amides is 1. The van der Waals surface area contributed by atoms with Gasteiger partial charge in [-0.15, -0.1) is 0 Å². The standard InChI is InChI=1S/C14H13N3O4/c18-12(1-2-13(19)20)17-11-7-10(8-16-14(11)21)9-3-5-15-6-4-9/h3-8H,1-2H2,(H,16,21)(H,17,18)(H,19,20). The van der Waals surface area contributed by atoms with Crippen LogP contribution < -0.4 is 10.9 Å². The Morgan fingerprint density at radius 1 is 1.19 bits per heavy atom. The number of carboxylic acids is 1. The number of rotatable bonds is 5. The van der Waals surface area contributed by atoms with Crippen LogP contribution in [-0.2, 0) is 9.59 Å². The molecule has 7 nitrogen and oxygen atoms in total. The first-order valence-electron chi connectivity index (χ1n) is 6.21. The number of carbonyl (C=O) groups is 2. The predicted octanol–water partition coefficient (Wildman–Crippen LogP) is 1.24. The molecule has 108 valence electrons. The Morgan fingerprint density at radius 2 is 1.90 bits per heavy atom. The summed E-state index contributed by atoms with van der Waals surface area (Å²) in [6.45, 7) is 0. The lowest BCUT2D eigenvalue weighted by atomic mass is 10.1. The molecule has 0 fully saturated rings. The van der Waals surface area contributed by atoms with Gasteiger partial charge >= 0.3 is 5.97 Å². The molecule has 2 aromatic heterocycles. The monoisotopic (exact) mass is 287 g/mol. The molecule has 0 radical (unpaired) electrons. The highest BCUT2D eigenvalue weighted by molar-refractivity contribution is 5.92. The van der Waals surface area contributed by atoms with Crippen LogP contribution in [0, 0.1) is 0 Å². The molecule has 0 spiro atoms. The summed E-state index contributed by atoms with van der Waals surface area (Å²) in [6, 6.07) is 5.07. The lowest BCUT2D eigenvalue weighted by Crippen LogP contribution is -2.20. The lowest BCUT2D eigenvalue weighted by molar-refractivity contribution is -0.138. The van der Waals surface area contributed by atoms with Gasteiger partial charge in [0.05, 0.1) is 6.42 Å². The Kier molecular flexibility index (Phi) is 4.45. The zero-order valence-electron chi connectivity index (χ0n) is 11.0. The average molecular weight is 287 g/mol. The molecule has 0 aliphatic heterocycles. The van der Waals surface area contributed by atoms with Gasteiger partial charge in [-0.25, -0.2) is 0 Å². The largest absolute Gasteiger partial charge is 0.481 e. The lowest BCUT2D eigenvalue weighted by Gasteiger charge is -2.06. The van der Waals surface area contributed by atoms with Gasteiger partial charge < -0.3 is 15.4 Å². The molecule has 0 saturated heterocycles. The molecule has 0 bridgehead atoms. The number of H-pyrrole nitrogens is 1. The van der Waals surface area contributed by atoms with Gasteiger partial charge in [0, 0.05) is 30.6 Å². The molecular formula is C14H13N3O4. The first-order chi connectivity index (χ1) is 10.1. The van der Waals surface area contributed by atoms with Crippen LogP contribution >= 0.6 is 0 Å². The van der Waals surface area contributed by atoms with E-state index in [1.165, 1.54) is 12.3 Å². The second kappa shape index (κ2) is 6.47. The van der Waals surface area contributed by atoms with Gasteiger partial charge in [-0.3, -0.25) is 19.4 Å². The van der Waals surface area contributed by atoms with Crippen LogP contribution in [0.3, 0.4) is 0 Å². The zero-order chi connectivity index (χ0) is 15.2. The number of carbonyl (C=O) groups excluding carboxylic acids is 1. The molecule has 7 heteroatoms. The third-order valence-electron chi connectivity index (χ3n) is 2.76. The summed E-state index contributed by atoms with van der Waals surface area (Å²) < 4.78 is 0. The molecule has 2 rings (SSSR count). The number of anilines is 1. The maximum absolute atomic E-state index is 11.7. The maximum Gasteiger partial charge on any atom is 0.303 e. The Labute approximate surface area is 119 Å². The van der Waals surface area contributed by atoms with Crippen molar-refractivity contribution in [2.24, 2.45) is 0 Å². The van der Waals surface area contributed by atoms with E-state index in [0.717, 1.165) is 5.56 Å². The fourth-order valence-corrected chi connectivity index (χ4v) is 1.72. The summed E-state index contributed by atoms with van der Waals surface area (Å²) >= 11 is 0.